The predicted molar refractivity (Wildman–Crippen MR) is 57.7 cm³/mol. The number of rotatable bonds is 5. The zero-order valence-electron chi connectivity index (χ0n) is 8.69. The van der Waals surface area contributed by atoms with Crippen LogP contribution in [0.15, 0.2) is 11.4 Å². The molecule has 0 fully saturated rings. The first-order valence-corrected chi connectivity index (χ1v) is 5.50. The lowest BCUT2D eigenvalue weighted by Crippen LogP contribution is -2.31. The molecule has 1 aromatic heterocycles. The van der Waals surface area contributed by atoms with Gasteiger partial charge in [-0.25, -0.2) is 4.79 Å². The summed E-state index contributed by atoms with van der Waals surface area (Å²) >= 11 is 1.11. The third kappa shape index (κ3) is 3.21. The minimum Gasteiger partial charge on any atom is -0.489 e. The second-order valence-corrected chi connectivity index (χ2v) is 4.47. The van der Waals surface area contributed by atoms with Gasteiger partial charge < -0.3 is 14.9 Å². The highest BCUT2D eigenvalue weighted by atomic mass is 32.1. The van der Waals surface area contributed by atoms with Crippen LogP contribution in [-0.4, -0.2) is 28.4 Å². The molecule has 0 aliphatic carbocycles. The molecule has 0 saturated carbocycles. The Kier molecular flexibility index (Phi) is 3.71. The van der Waals surface area contributed by atoms with Crippen LogP contribution in [0.2, 0.25) is 0 Å². The molecule has 2 N–H and O–H groups in total. The van der Waals surface area contributed by atoms with Gasteiger partial charge in [0.25, 0.3) is 0 Å². The highest BCUT2D eigenvalue weighted by Gasteiger charge is 2.20. The normalized spacial score (nSPS) is 14.6. The Balaban J connectivity index is 2.65. The molecule has 0 aliphatic heterocycles. The lowest BCUT2D eigenvalue weighted by Gasteiger charge is -2.21. The summed E-state index contributed by atoms with van der Waals surface area (Å²) in [7, 11) is 0. The highest BCUT2D eigenvalue weighted by Crippen LogP contribution is 2.25. The van der Waals surface area contributed by atoms with Gasteiger partial charge in [-0.05, 0) is 24.8 Å². The van der Waals surface area contributed by atoms with Gasteiger partial charge in [-0.15, -0.1) is 11.3 Å². The fourth-order valence-electron chi connectivity index (χ4n) is 0.902. The molecule has 0 bridgehead atoms. The molecule has 0 radical (unpaired) electrons. The summed E-state index contributed by atoms with van der Waals surface area (Å²) in [6.45, 7) is 3.59. The van der Waals surface area contributed by atoms with Crippen LogP contribution in [0, 0.1) is 0 Å². The number of hydrogen-bond donors (Lipinski definition) is 2. The zero-order valence-corrected chi connectivity index (χ0v) is 9.50. The van der Waals surface area contributed by atoms with E-state index in [-0.39, 0.29) is 11.5 Å². The summed E-state index contributed by atoms with van der Waals surface area (Å²) in [4.78, 5) is 10.9. The lowest BCUT2D eigenvalue weighted by molar-refractivity contribution is 0.00808. The van der Waals surface area contributed by atoms with Gasteiger partial charge in [0.05, 0.1) is 5.60 Å². The molecule has 1 heterocycles. The number of carboxylic acid groups (broad SMARTS) is 1. The van der Waals surface area contributed by atoms with Crippen molar-refractivity contribution in [2.75, 3.05) is 6.61 Å². The minimum atomic E-state index is -1.00. The summed E-state index contributed by atoms with van der Waals surface area (Å²) in [5.41, 5.74) is -0.919. The van der Waals surface area contributed by atoms with E-state index in [1.165, 1.54) is 0 Å². The highest BCUT2D eigenvalue weighted by molar-refractivity contribution is 7.12. The Morgan fingerprint density at radius 3 is 2.87 bits per heavy atom. The summed E-state index contributed by atoms with van der Waals surface area (Å²) in [5, 5.41) is 20.1. The van der Waals surface area contributed by atoms with E-state index < -0.39 is 11.6 Å². The molecule has 4 nitrogen and oxygen atoms in total. The van der Waals surface area contributed by atoms with Crippen molar-refractivity contribution in [1.29, 1.82) is 0 Å². The topological polar surface area (TPSA) is 66.8 Å². The second kappa shape index (κ2) is 4.63. The van der Waals surface area contributed by atoms with E-state index >= 15 is 0 Å². The van der Waals surface area contributed by atoms with Crippen LogP contribution in [0.3, 0.4) is 0 Å². The summed E-state index contributed by atoms with van der Waals surface area (Å²) in [5.74, 6) is -0.683. The molecule has 1 atom stereocenters. The zero-order chi connectivity index (χ0) is 11.5. The molecule has 15 heavy (non-hydrogen) atoms. The van der Waals surface area contributed by atoms with Crippen molar-refractivity contribution in [2.24, 2.45) is 0 Å². The van der Waals surface area contributed by atoms with E-state index in [2.05, 4.69) is 0 Å². The molecule has 0 aromatic carbocycles. The van der Waals surface area contributed by atoms with E-state index in [1.807, 2.05) is 6.92 Å². The SMILES string of the molecule is CCC(C)(O)COc1ccsc1C(=O)O. The smallest absolute Gasteiger partial charge is 0.349 e. The van der Waals surface area contributed by atoms with Crippen molar-refractivity contribution in [2.45, 2.75) is 25.9 Å². The molecule has 0 spiro atoms. The lowest BCUT2D eigenvalue weighted by atomic mass is 10.1. The first kappa shape index (κ1) is 12.0. The van der Waals surface area contributed by atoms with Gasteiger partial charge in [0, 0.05) is 0 Å². The Morgan fingerprint density at radius 1 is 1.67 bits per heavy atom. The Labute approximate surface area is 92.1 Å². The first-order valence-electron chi connectivity index (χ1n) is 4.62. The van der Waals surface area contributed by atoms with Crippen molar-refractivity contribution in [3.05, 3.63) is 16.3 Å². The molecule has 0 saturated heterocycles. The van der Waals surface area contributed by atoms with Gasteiger partial charge in [0.1, 0.15) is 12.4 Å². The molecule has 5 heteroatoms. The van der Waals surface area contributed by atoms with Crippen molar-refractivity contribution in [3.63, 3.8) is 0 Å². The molecule has 1 rings (SSSR count). The van der Waals surface area contributed by atoms with Gasteiger partial charge in [-0.3, -0.25) is 0 Å². The van der Waals surface area contributed by atoms with E-state index in [1.54, 1.807) is 18.4 Å². The summed E-state index contributed by atoms with van der Waals surface area (Å²) in [6, 6.07) is 1.60. The Hall–Kier alpha value is -1.07. The molecule has 0 amide bonds. The van der Waals surface area contributed by atoms with E-state index in [4.69, 9.17) is 9.84 Å². The number of hydrogen-bond acceptors (Lipinski definition) is 4. The fraction of sp³-hybridized carbons (Fsp3) is 0.500. The van der Waals surface area contributed by atoms with Crippen LogP contribution in [0.5, 0.6) is 5.75 Å². The molecule has 1 unspecified atom stereocenters. The molecular weight excluding hydrogens is 216 g/mol. The van der Waals surface area contributed by atoms with Crippen LogP contribution in [-0.2, 0) is 0 Å². The van der Waals surface area contributed by atoms with Crippen molar-refractivity contribution >= 4 is 17.3 Å². The van der Waals surface area contributed by atoms with Gasteiger partial charge in [0.15, 0.2) is 4.88 Å². The number of aromatic carboxylic acids is 1. The fourth-order valence-corrected chi connectivity index (χ4v) is 1.57. The van der Waals surface area contributed by atoms with Gasteiger partial charge in [-0.2, -0.15) is 0 Å². The van der Waals surface area contributed by atoms with Crippen LogP contribution in [0.1, 0.15) is 29.9 Å². The van der Waals surface area contributed by atoms with Crippen LogP contribution < -0.4 is 4.74 Å². The maximum atomic E-state index is 10.7. The van der Waals surface area contributed by atoms with Crippen LogP contribution in [0.4, 0.5) is 0 Å². The average Bonchev–Trinajstić information content (AvgIpc) is 2.63. The van der Waals surface area contributed by atoms with Gasteiger partial charge >= 0.3 is 5.97 Å². The third-order valence-electron chi connectivity index (χ3n) is 2.12. The van der Waals surface area contributed by atoms with Gasteiger partial charge in [-0.1, -0.05) is 6.92 Å². The van der Waals surface area contributed by atoms with E-state index in [0.29, 0.717) is 12.2 Å². The summed E-state index contributed by atoms with van der Waals surface area (Å²) < 4.78 is 5.27. The quantitative estimate of drug-likeness (QED) is 0.811. The van der Waals surface area contributed by atoms with Crippen LogP contribution in [0.25, 0.3) is 0 Å². The maximum absolute atomic E-state index is 10.7. The van der Waals surface area contributed by atoms with Crippen molar-refractivity contribution < 1.29 is 19.7 Å². The number of thiophene rings is 1. The second-order valence-electron chi connectivity index (χ2n) is 3.56. The van der Waals surface area contributed by atoms with Crippen molar-refractivity contribution in [1.82, 2.24) is 0 Å². The Morgan fingerprint density at radius 2 is 2.33 bits per heavy atom. The number of ether oxygens (including phenoxy) is 1. The third-order valence-corrected chi connectivity index (χ3v) is 3.01. The number of carbonyl (C=O) groups is 1. The van der Waals surface area contributed by atoms with Gasteiger partial charge in [0.2, 0.25) is 0 Å². The van der Waals surface area contributed by atoms with E-state index in [0.717, 1.165) is 11.3 Å². The van der Waals surface area contributed by atoms with E-state index in [9.17, 15) is 9.90 Å². The number of carboxylic acids is 1. The largest absolute Gasteiger partial charge is 0.489 e. The Bertz CT molecular complexity index is 343. The molecular formula is C10H14O4S. The van der Waals surface area contributed by atoms with Crippen molar-refractivity contribution in [3.8, 4) is 5.75 Å². The maximum Gasteiger partial charge on any atom is 0.349 e. The first-order chi connectivity index (χ1) is 6.96. The molecule has 1 aromatic rings. The minimum absolute atomic E-state index is 0.0977. The standard InChI is InChI=1S/C10H14O4S/c1-3-10(2,13)6-14-7-4-5-15-8(7)9(11)12/h4-5,13H,3,6H2,1-2H3,(H,11,12). The van der Waals surface area contributed by atoms with Crippen LogP contribution >= 0.6 is 11.3 Å². The number of aliphatic hydroxyl groups is 1. The monoisotopic (exact) mass is 230 g/mol. The average molecular weight is 230 g/mol. The predicted octanol–water partition coefficient (Wildman–Crippen LogP) is 1.99. The molecule has 84 valence electrons. The summed E-state index contributed by atoms with van der Waals surface area (Å²) in [6.07, 6.45) is 0.555. The molecule has 0 aliphatic rings.